The Morgan fingerprint density at radius 1 is 1.27 bits per heavy atom. The van der Waals surface area contributed by atoms with E-state index in [1.807, 2.05) is 0 Å². The lowest BCUT2D eigenvalue weighted by molar-refractivity contribution is -0.139. The number of nitrogens with one attached hydrogen (secondary N) is 1. The number of aliphatic carboxylic acids is 1. The largest absolute Gasteiger partial charge is 0.479 e. The van der Waals surface area contributed by atoms with E-state index in [-0.39, 0.29) is 5.91 Å². The maximum absolute atomic E-state index is 12.3. The number of amides is 1. The van der Waals surface area contributed by atoms with Gasteiger partial charge in [-0.25, -0.2) is 4.79 Å². The number of carbonyl (C=O) groups is 2. The molecule has 114 valence electrons. The number of hydrogen-bond donors (Lipinski definition) is 2. The van der Waals surface area contributed by atoms with E-state index in [0.29, 0.717) is 23.7 Å². The third-order valence-electron chi connectivity index (χ3n) is 3.51. The Labute approximate surface area is 131 Å². The predicted octanol–water partition coefficient (Wildman–Crippen LogP) is 2.38. The summed E-state index contributed by atoms with van der Waals surface area (Å²) in [6.07, 6.45) is 0.800. The minimum atomic E-state index is -1.08. The van der Waals surface area contributed by atoms with Crippen LogP contribution in [0.2, 0.25) is 0 Å². The van der Waals surface area contributed by atoms with Crippen molar-refractivity contribution in [2.24, 2.45) is 0 Å². The highest BCUT2D eigenvalue weighted by Gasteiger charge is 2.24. The van der Waals surface area contributed by atoms with E-state index in [1.54, 1.807) is 36.4 Å². The van der Waals surface area contributed by atoms with Crippen molar-refractivity contribution in [3.63, 3.8) is 0 Å². The third-order valence-corrected chi connectivity index (χ3v) is 4.74. The highest BCUT2D eigenvalue weighted by molar-refractivity contribution is 7.14. The van der Waals surface area contributed by atoms with Gasteiger partial charge in [0, 0.05) is 11.3 Å². The quantitative estimate of drug-likeness (QED) is 0.908. The van der Waals surface area contributed by atoms with Gasteiger partial charge in [0.05, 0.1) is 18.1 Å². The average Bonchev–Trinajstić information content (AvgIpc) is 2.97. The van der Waals surface area contributed by atoms with Gasteiger partial charge in [-0.1, -0.05) is 30.3 Å². The Morgan fingerprint density at radius 3 is 2.73 bits per heavy atom. The summed E-state index contributed by atoms with van der Waals surface area (Å²) in [4.78, 5) is 25.4. The number of carbonyl (C=O) groups excluding carboxylic acids is 1. The summed E-state index contributed by atoms with van der Waals surface area (Å²) >= 11 is 1.41. The van der Waals surface area contributed by atoms with Crippen LogP contribution in [0, 0.1) is 0 Å². The average molecular weight is 317 g/mol. The maximum atomic E-state index is 12.3. The summed E-state index contributed by atoms with van der Waals surface area (Å²) in [7, 11) is 0. The van der Waals surface area contributed by atoms with Crippen LogP contribution in [0.15, 0.2) is 36.4 Å². The van der Waals surface area contributed by atoms with Crippen LogP contribution in [-0.4, -0.2) is 23.6 Å². The fourth-order valence-corrected chi connectivity index (χ4v) is 3.45. The maximum Gasteiger partial charge on any atom is 0.330 e. The van der Waals surface area contributed by atoms with Crippen LogP contribution in [0.1, 0.15) is 31.7 Å². The van der Waals surface area contributed by atoms with E-state index in [2.05, 4.69) is 5.32 Å². The van der Waals surface area contributed by atoms with Gasteiger partial charge in [0.2, 0.25) is 0 Å². The van der Waals surface area contributed by atoms with Crippen LogP contribution in [-0.2, 0) is 22.6 Å². The fourth-order valence-electron chi connectivity index (χ4n) is 2.39. The van der Waals surface area contributed by atoms with Crippen molar-refractivity contribution in [3.8, 4) is 0 Å². The van der Waals surface area contributed by atoms with E-state index in [0.717, 1.165) is 16.9 Å². The minimum Gasteiger partial charge on any atom is -0.479 e. The summed E-state index contributed by atoms with van der Waals surface area (Å²) in [6, 6.07) is 9.41. The molecule has 0 spiro atoms. The normalized spacial score (nSPS) is 14.9. The zero-order chi connectivity index (χ0) is 15.5. The molecule has 0 saturated heterocycles. The van der Waals surface area contributed by atoms with Gasteiger partial charge in [-0.15, -0.1) is 11.3 Å². The molecule has 1 aromatic heterocycles. The van der Waals surface area contributed by atoms with Crippen LogP contribution in [0.3, 0.4) is 0 Å². The van der Waals surface area contributed by atoms with E-state index in [9.17, 15) is 14.7 Å². The van der Waals surface area contributed by atoms with Crippen molar-refractivity contribution >= 4 is 23.2 Å². The molecule has 22 heavy (non-hydrogen) atoms. The summed E-state index contributed by atoms with van der Waals surface area (Å²) in [5.74, 6) is -1.44. The van der Waals surface area contributed by atoms with Crippen molar-refractivity contribution in [1.82, 2.24) is 5.32 Å². The van der Waals surface area contributed by atoms with Gasteiger partial charge < -0.3 is 15.2 Å². The molecule has 0 unspecified atom stereocenters. The molecule has 0 radical (unpaired) electrons. The predicted molar refractivity (Wildman–Crippen MR) is 82.0 cm³/mol. The Hall–Kier alpha value is -2.18. The number of rotatable bonds is 4. The van der Waals surface area contributed by atoms with Gasteiger partial charge in [0.1, 0.15) is 0 Å². The monoisotopic (exact) mass is 317 g/mol. The number of benzene rings is 1. The van der Waals surface area contributed by atoms with Gasteiger partial charge >= 0.3 is 5.97 Å². The molecule has 0 aliphatic carbocycles. The molecule has 0 fully saturated rings. The first-order valence-electron chi connectivity index (χ1n) is 6.93. The first-order chi connectivity index (χ1) is 10.6. The smallest absolute Gasteiger partial charge is 0.330 e. The number of ether oxygens (including phenoxy) is 1. The van der Waals surface area contributed by atoms with E-state index < -0.39 is 12.0 Å². The fraction of sp³-hybridized carbons (Fsp3) is 0.250. The third kappa shape index (κ3) is 3.03. The molecule has 1 atom stereocenters. The molecule has 1 aromatic carbocycles. The first kappa shape index (κ1) is 14.7. The Morgan fingerprint density at radius 2 is 2.05 bits per heavy atom. The Kier molecular flexibility index (Phi) is 4.22. The van der Waals surface area contributed by atoms with Crippen molar-refractivity contribution in [2.75, 3.05) is 6.61 Å². The molecule has 5 nitrogen and oxygen atoms in total. The molecule has 2 heterocycles. The number of hydrogen-bond acceptors (Lipinski definition) is 4. The zero-order valence-corrected chi connectivity index (χ0v) is 12.6. The first-order valence-corrected chi connectivity index (χ1v) is 7.75. The number of carboxylic acid groups (broad SMARTS) is 1. The molecule has 6 heteroatoms. The SMILES string of the molecule is O=C(N[C@H](C(=O)O)c1ccccc1)c1cc2c(s1)CCOC2. The summed E-state index contributed by atoms with van der Waals surface area (Å²) < 4.78 is 5.36. The second-order valence-corrected chi connectivity index (χ2v) is 6.15. The van der Waals surface area contributed by atoms with Crippen molar-refractivity contribution in [1.29, 1.82) is 0 Å². The van der Waals surface area contributed by atoms with Gasteiger partial charge in [0.15, 0.2) is 6.04 Å². The van der Waals surface area contributed by atoms with Crippen LogP contribution in [0.5, 0.6) is 0 Å². The molecular weight excluding hydrogens is 302 g/mol. The van der Waals surface area contributed by atoms with Gasteiger partial charge in [0.25, 0.3) is 5.91 Å². The second kappa shape index (κ2) is 6.29. The van der Waals surface area contributed by atoms with E-state index in [4.69, 9.17) is 4.74 Å². The van der Waals surface area contributed by atoms with Crippen molar-refractivity contribution in [3.05, 3.63) is 57.3 Å². The molecule has 2 aromatic rings. The number of thiophene rings is 1. The molecule has 0 bridgehead atoms. The lowest BCUT2D eigenvalue weighted by atomic mass is 10.1. The molecule has 3 rings (SSSR count). The highest BCUT2D eigenvalue weighted by atomic mass is 32.1. The lowest BCUT2D eigenvalue weighted by Gasteiger charge is -2.14. The van der Waals surface area contributed by atoms with Gasteiger partial charge in [-0.05, 0) is 17.2 Å². The lowest BCUT2D eigenvalue weighted by Crippen LogP contribution is -2.33. The standard InChI is InChI=1S/C16H15NO4S/c18-15(13-8-11-9-21-7-6-12(11)22-13)17-14(16(19)20)10-4-2-1-3-5-10/h1-5,8,14H,6-7,9H2,(H,17,18)(H,19,20)/t14-/m0/s1. The molecule has 1 amide bonds. The summed E-state index contributed by atoms with van der Waals surface area (Å²) in [5.41, 5.74) is 1.57. The van der Waals surface area contributed by atoms with Crippen molar-refractivity contribution in [2.45, 2.75) is 19.1 Å². The highest BCUT2D eigenvalue weighted by Crippen LogP contribution is 2.27. The number of carboxylic acids is 1. The molecular formula is C16H15NO4S. The Balaban J connectivity index is 1.79. The Bertz CT molecular complexity index is 672. The number of fused-ring (bicyclic) bond motifs is 1. The van der Waals surface area contributed by atoms with Crippen LogP contribution < -0.4 is 5.32 Å². The second-order valence-electron chi connectivity index (χ2n) is 5.02. The van der Waals surface area contributed by atoms with Gasteiger partial charge in [-0.3, -0.25) is 4.79 Å². The van der Waals surface area contributed by atoms with Crippen LogP contribution >= 0.6 is 11.3 Å². The van der Waals surface area contributed by atoms with Crippen LogP contribution in [0.25, 0.3) is 0 Å². The van der Waals surface area contributed by atoms with E-state index >= 15 is 0 Å². The minimum absolute atomic E-state index is 0.365. The molecule has 1 aliphatic rings. The van der Waals surface area contributed by atoms with E-state index in [1.165, 1.54) is 11.3 Å². The summed E-state index contributed by atoms with van der Waals surface area (Å²) in [6.45, 7) is 1.18. The topological polar surface area (TPSA) is 75.6 Å². The van der Waals surface area contributed by atoms with Crippen molar-refractivity contribution < 1.29 is 19.4 Å². The molecule has 2 N–H and O–H groups in total. The van der Waals surface area contributed by atoms with Gasteiger partial charge in [-0.2, -0.15) is 0 Å². The molecule has 1 aliphatic heterocycles. The van der Waals surface area contributed by atoms with Crippen LogP contribution in [0.4, 0.5) is 0 Å². The summed E-state index contributed by atoms with van der Waals surface area (Å²) in [5, 5.41) is 11.9. The molecule has 0 saturated carbocycles. The zero-order valence-electron chi connectivity index (χ0n) is 11.7.